The van der Waals surface area contributed by atoms with Gasteiger partial charge in [0, 0.05) is 0 Å². The molecule has 0 spiro atoms. The Balaban J connectivity index is 2.03. The van der Waals surface area contributed by atoms with Gasteiger partial charge in [-0.25, -0.2) is 0 Å². The minimum atomic E-state index is -0.339. The van der Waals surface area contributed by atoms with Crippen LogP contribution in [0.15, 0.2) is 30.3 Å². The van der Waals surface area contributed by atoms with Crippen molar-refractivity contribution in [3.63, 3.8) is 0 Å². The average Bonchev–Trinajstić information content (AvgIpc) is 2.38. The Kier molecular flexibility index (Phi) is 8.14. The molecule has 2 N–H and O–H groups in total. The standard InChI is InChI=1S/C14H23NOS/c1-2-17-12-6-10-15-11-9-14(16)13-7-4-3-5-8-13/h3-5,7-8,14-16H,2,6,9-12H2,1H3/t14-/m1/s1. The van der Waals surface area contributed by atoms with Crippen molar-refractivity contribution in [2.45, 2.75) is 25.9 Å². The van der Waals surface area contributed by atoms with E-state index in [1.165, 1.54) is 17.9 Å². The highest BCUT2D eigenvalue weighted by Gasteiger charge is 2.05. The lowest BCUT2D eigenvalue weighted by Crippen LogP contribution is -2.19. The van der Waals surface area contributed by atoms with Crippen LogP contribution in [0.3, 0.4) is 0 Å². The summed E-state index contributed by atoms with van der Waals surface area (Å²) in [5, 5.41) is 13.3. The van der Waals surface area contributed by atoms with Crippen molar-refractivity contribution >= 4 is 11.8 Å². The first-order valence-corrected chi connectivity index (χ1v) is 7.51. The Morgan fingerprint density at radius 3 is 2.71 bits per heavy atom. The van der Waals surface area contributed by atoms with E-state index >= 15 is 0 Å². The van der Waals surface area contributed by atoms with Crippen molar-refractivity contribution in [2.75, 3.05) is 24.6 Å². The number of nitrogens with one attached hydrogen (secondary N) is 1. The molecule has 0 aliphatic rings. The molecule has 1 aromatic carbocycles. The molecule has 17 heavy (non-hydrogen) atoms. The van der Waals surface area contributed by atoms with Crippen LogP contribution in [0, 0.1) is 0 Å². The quantitative estimate of drug-likeness (QED) is 0.664. The van der Waals surface area contributed by atoms with Gasteiger partial charge in [0.25, 0.3) is 0 Å². The minimum Gasteiger partial charge on any atom is -0.388 e. The van der Waals surface area contributed by atoms with Crippen molar-refractivity contribution in [2.24, 2.45) is 0 Å². The molecule has 1 rings (SSSR count). The molecule has 0 fully saturated rings. The first-order valence-electron chi connectivity index (χ1n) is 6.36. The fourth-order valence-corrected chi connectivity index (χ4v) is 2.29. The Hall–Kier alpha value is -0.510. The number of hydrogen-bond acceptors (Lipinski definition) is 3. The highest BCUT2D eigenvalue weighted by Crippen LogP contribution is 2.14. The number of benzene rings is 1. The summed E-state index contributed by atoms with van der Waals surface area (Å²) >= 11 is 1.98. The van der Waals surface area contributed by atoms with Gasteiger partial charge in [-0.3, -0.25) is 0 Å². The van der Waals surface area contributed by atoms with Crippen molar-refractivity contribution in [1.29, 1.82) is 0 Å². The molecule has 0 radical (unpaired) electrons. The number of hydrogen-bond donors (Lipinski definition) is 2. The third kappa shape index (κ3) is 6.71. The van der Waals surface area contributed by atoms with Gasteiger partial charge in [-0.15, -0.1) is 0 Å². The van der Waals surface area contributed by atoms with Gasteiger partial charge in [-0.2, -0.15) is 11.8 Å². The zero-order valence-electron chi connectivity index (χ0n) is 10.6. The molecule has 0 saturated heterocycles. The Labute approximate surface area is 109 Å². The van der Waals surface area contributed by atoms with Crippen molar-refractivity contribution in [3.05, 3.63) is 35.9 Å². The molecule has 1 atom stereocenters. The van der Waals surface area contributed by atoms with Crippen LogP contribution in [0.25, 0.3) is 0 Å². The second kappa shape index (κ2) is 9.51. The van der Waals surface area contributed by atoms with E-state index in [4.69, 9.17) is 0 Å². The lowest BCUT2D eigenvalue weighted by atomic mass is 10.1. The molecule has 0 amide bonds. The Morgan fingerprint density at radius 1 is 1.24 bits per heavy atom. The molecule has 0 aliphatic carbocycles. The summed E-state index contributed by atoms with van der Waals surface area (Å²) in [6.07, 6.45) is 1.65. The Morgan fingerprint density at radius 2 is 2.00 bits per heavy atom. The summed E-state index contributed by atoms with van der Waals surface area (Å²) in [5.74, 6) is 2.43. The molecular formula is C14H23NOS. The molecule has 0 aliphatic heterocycles. The van der Waals surface area contributed by atoms with E-state index in [0.717, 1.165) is 25.1 Å². The highest BCUT2D eigenvalue weighted by molar-refractivity contribution is 7.99. The molecule has 0 aromatic heterocycles. The maximum Gasteiger partial charge on any atom is 0.0802 e. The predicted molar refractivity (Wildman–Crippen MR) is 76.5 cm³/mol. The van der Waals surface area contributed by atoms with Gasteiger partial charge in [-0.05, 0) is 43.0 Å². The van der Waals surface area contributed by atoms with E-state index in [-0.39, 0.29) is 6.10 Å². The molecule has 0 saturated carbocycles. The molecule has 3 heteroatoms. The maximum atomic E-state index is 9.92. The number of aliphatic hydroxyl groups excluding tert-OH is 1. The molecule has 1 aromatic rings. The van der Waals surface area contributed by atoms with Gasteiger partial charge in [0.2, 0.25) is 0 Å². The van der Waals surface area contributed by atoms with E-state index in [1.807, 2.05) is 42.1 Å². The summed E-state index contributed by atoms with van der Waals surface area (Å²) in [6, 6.07) is 9.85. The Bertz CT molecular complexity index is 279. The zero-order chi connectivity index (χ0) is 12.3. The second-order valence-electron chi connectivity index (χ2n) is 4.02. The van der Waals surface area contributed by atoms with Crippen LogP contribution >= 0.6 is 11.8 Å². The van der Waals surface area contributed by atoms with Crippen LogP contribution in [0.4, 0.5) is 0 Å². The van der Waals surface area contributed by atoms with E-state index in [1.54, 1.807) is 0 Å². The van der Waals surface area contributed by atoms with Crippen molar-refractivity contribution in [1.82, 2.24) is 5.32 Å². The van der Waals surface area contributed by atoms with Crippen LogP contribution in [-0.4, -0.2) is 29.7 Å². The lowest BCUT2D eigenvalue weighted by Gasteiger charge is -2.11. The fourth-order valence-electron chi connectivity index (χ4n) is 1.65. The van der Waals surface area contributed by atoms with Gasteiger partial charge >= 0.3 is 0 Å². The number of aliphatic hydroxyl groups is 1. The van der Waals surface area contributed by atoms with E-state index < -0.39 is 0 Å². The zero-order valence-corrected chi connectivity index (χ0v) is 11.4. The normalized spacial score (nSPS) is 12.6. The smallest absolute Gasteiger partial charge is 0.0802 e. The first-order chi connectivity index (χ1) is 8.34. The molecule has 0 bridgehead atoms. The minimum absolute atomic E-state index is 0.339. The monoisotopic (exact) mass is 253 g/mol. The third-order valence-corrected chi connectivity index (χ3v) is 3.61. The summed E-state index contributed by atoms with van der Waals surface area (Å²) in [7, 11) is 0. The summed E-state index contributed by atoms with van der Waals surface area (Å²) < 4.78 is 0. The maximum absolute atomic E-state index is 9.92. The topological polar surface area (TPSA) is 32.3 Å². The fraction of sp³-hybridized carbons (Fsp3) is 0.571. The van der Waals surface area contributed by atoms with Gasteiger partial charge in [0.05, 0.1) is 6.10 Å². The highest BCUT2D eigenvalue weighted by atomic mass is 32.2. The average molecular weight is 253 g/mol. The summed E-state index contributed by atoms with van der Waals surface area (Å²) in [4.78, 5) is 0. The van der Waals surface area contributed by atoms with Crippen LogP contribution in [0.2, 0.25) is 0 Å². The first kappa shape index (κ1) is 14.6. The molecule has 2 nitrogen and oxygen atoms in total. The van der Waals surface area contributed by atoms with Gasteiger partial charge in [0.15, 0.2) is 0 Å². The summed E-state index contributed by atoms with van der Waals surface area (Å²) in [5.41, 5.74) is 1.01. The third-order valence-electron chi connectivity index (χ3n) is 2.63. The number of thioether (sulfide) groups is 1. The van der Waals surface area contributed by atoms with Crippen molar-refractivity contribution in [3.8, 4) is 0 Å². The van der Waals surface area contributed by atoms with Crippen LogP contribution in [0.5, 0.6) is 0 Å². The van der Waals surface area contributed by atoms with E-state index in [2.05, 4.69) is 12.2 Å². The molecular weight excluding hydrogens is 230 g/mol. The van der Waals surface area contributed by atoms with Crippen molar-refractivity contribution < 1.29 is 5.11 Å². The summed E-state index contributed by atoms with van der Waals surface area (Å²) in [6.45, 7) is 4.12. The molecule has 0 heterocycles. The second-order valence-corrected chi connectivity index (χ2v) is 5.41. The van der Waals surface area contributed by atoms with E-state index in [9.17, 15) is 5.11 Å². The van der Waals surface area contributed by atoms with Crippen LogP contribution in [0.1, 0.15) is 31.4 Å². The van der Waals surface area contributed by atoms with Gasteiger partial charge in [-0.1, -0.05) is 37.3 Å². The van der Waals surface area contributed by atoms with Crippen LogP contribution in [-0.2, 0) is 0 Å². The van der Waals surface area contributed by atoms with Gasteiger partial charge < -0.3 is 10.4 Å². The molecule has 0 unspecified atom stereocenters. The SMILES string of the molecule is CCSCCCNCC[C@@H](O)c1ccccc1. The number of rotatable bonds is 9. The lowest BCUT2D eigenvalue weighted by molar-refractivity contribution is 0.167. The van der Waals surface area contributed by atoms with E-state index in [0.29, 0.717) is 0 Å². The molecule has 96 valence electrons. The van der Waals surface area contributed by atoms with Crippen LogP contribution < -0.4 is 5.32 Å². The predicted octanol–water partition coefficient (Wildman–Crippen LogP) is 2.84. The largest absolute Gasteiger partial charge is 0.388 e. The van der Waals surface area contributed by atoms with Gasteiger partial charge in [0.1, 0.15) is 0 Å².